The summed E-state index contributed by atoms with van der Waals surface area (Å²) in [5.41, 5.74) is -0.826. The van der Waals surface area contributed by atoms with E-state index in [9.17, 15) is 4.79 Å². The molecule has 1 aliphatic heterocycles. The van der Waals surface area contributed by atoms with E-state index in [0.29, 0.717) is 30.7 Å². The second-order valence-electron chi connectivity index (χ2n) is 7.06. The SMILES string of the molecule is CC(C)(C)OC(=O)N1CC(c2noc(C(C)(C)CCl)n2)C1. The van der Waals surface area contributed by atoms with Crippen LogP contribution in [0.1, 0.15) is 52.3 Å². The van der Waals surface area contributed by atoms with Gasteiger partial charge in [0.2, 0.25) is 5.89 Å². The fourth-order valence-electron chi connectivity index (χ4n) is 1.85. The van der Waals surface area contributed by atoms with Crippen molar-refractivity contribution < 1.29 is 14.1 Å². The molecule has 1 fully saturated rings. The normalized spacial score (nSPS) is 16.8. The first-order chi connectivity index (χ1) is 9.62. The van der Waals surface area contributed by atoms with Gasteiger partial charge in [0.25, 0.3) is 0 Å². The Morgan fingerprint density at radius 3 is 2.52 bits per heavy atom. The molecule has 1 aliphatic rings. The molecule has 2 rings (SSSR count). The van der Waals surface area contributed by atoms with Gasteiger partial charge in [-0.15, -0.1) is 11.6 Å². The number of hydrogen-bond donors (Lipinski definition) is 0. The molecule has 0 unspecified atom stereocenters. The highest BCUT2D eigenvalue weighted by molar-refractivity contribution is 6.18. The molecular weight excluding hydrogens is 294 g/mol. The number of aromatic nitrogens is 2. The third kappa shape index (κ3) is 3.67. The van der Waals surface area contributed by atoms with Crippen molar-refractivity contribution in [3.8, 4) is 0 Å². The van der Waals surface area contributed by atoms with Crippen LogP contribution in [-0.4, -0.2) is 45.7 Å². The lowest BCUT2D eigenvalue weighted by atomic mass is 9.96. The largest absolute Gasteiger partial charge is 0.444 e. The van der Waals surface area contributed by atoms with Gasteiger partial charge in [0.1, 0.15) is 5.60 Å². The van der Waals surface area contributed by atoms with E-state index < -0.39 is 5.60 Å². The molecule has 7 heteroatoms. The maximum absolute atomic E-state index is 11.9. The molecule has 0 saturated carbocycles. The number of alkyl halides is 1. The topological polar surface area (TPSA) is 68.5 Å². The average Bonchev–Trinajstić information content (AvgIpc) is 2.74. The third-order valence-corrected chi connectivity index (χ3v) is 3.92. The molecule has 1 amide bonds. The minimum atomic E-state index is -0.480. The van der Waals surface area contributed by atoms with Gasteiger partial charge in [-0.25, -0.2) is 4.79 Å². The van der Waals surface area contributed by atoms with Gasteiger partial charge in [0, 0.05) is 19.0 Å². The Balaban J connectivity index is 1.92. The van der Waals surface area contributed by atoms with Crippen molar-refractivity contribution in [3.63, 3.8) is 0 Å². The molecular formula is C14H22ClN3O3. The van der Waals surface area contributed by atoms with E-state index in [2.05, 4.69) is 10.1 Å². The van der Waals surface area contributed by atoms with Gasteiger partial charge in [-0.2, -0.15) is 4.98 Å². The Morgan fingerprint density at radius 2 is 2.00 bits per heavy atom. The van der Waals surface area contributed by atoms with Crippen LogP contribution in [0, 0.1) is 0 Å². The molecule has 6 nitrogen and oxygen atoms in total. The molecule has 1 aromatic rings. The van der Waals surface area contributed by atoms with E-state index in [1.54, 1.807) is 4.90 Å². The van der Waals surface area contributed by atoms with Gasteiger partial charge in [0.05, 0.1) is 11.3 Å². The van der Waals surface area contributed by atoms with Crippen LogP contribution in [0.25, 0.3) is 0 Å². The number of carbonyl (C=O) groups is 1. The molecule has 21 heavy (non-hydrogen) atoms. The number of likely N-dealkylation sites (tertiary alicyclic amines) is 1. The number of carbonyl (C=O) groups excluding carboxylic acids is 1. The second kappa shape index (κ2) is 5.48. The first-order valence-corrected chi connectivity index (χ1v) is 7.54. The fourth-order valence-corrected chi connectivity index (χ4v) is 1.96. The van der Waals surface area contributed by atoms with E-state index in [1.165, 1.54) is 0 Å². The number of hydrogen-bond acceptors (Lipinski definition) is 5. The fraction of sp³-hybridized carbons (Fsp3) is 0.786. The van der Waals surface area contributed by atoms with E-state index in [0.717, 1.165) is 0 Å². The average molecular weight is 316 g/mol. The summed E-state index contributed by atoms with van der Waals surface area (Å²) in [6, 6.07) is 0. The van der Waals surface area contributed by atoms with Crippen molar-refractivity contribution in [2.24, 2.45) is 0 Å². The highest BCUT2D eigenvalue weighted by Gasteiger charge is 2.38. The molecule has 0 atom stereocenters. The van der Waals surface area contributed by atoms with Gasteiger partial charge in [-0.3, -0.25) is 0 Å². The summed E-state index contributed by atoms with van der Waals surface area (Å²) in [5.74, 6) is 1.66. The van der Waals surface area contributed by atoms with Gasteiger partial charge >= 0.3 is 6.09 Å². The Bertz CT molecular complexity index is 516. The monoisotopic (exact) mass is 315 g/mol. The van der Waals surface area contributed by atoms with Crippen molar-refractivity contribution in [2.75, 3.05) is 19.0 Å². The molecule has 0 aromatic carbocycles. The van der Waals surface area contributed by atoms with Crippen molar-refractivity contribution in [1.82, 2.24) is 15.0 Å². The zero-order valence-electron chi connectivity index (χ0n) is 13.1. The lowest BCUT2D eigenvalue weighted by Gasteiger charge is -2.38. The zero-order chi connectivity index (χ0) is 15.8. The highest BCUT2D eigenvalue weighted by Crippen LogP contribution is 2.29. The van der Waals surface area contributed by atoms with Gasteiger partial charge in [-0.05, 0) is 34.6 Å². The molecule has 0 spiro atoms. The van der Waals surface area contributed by atoms with Crippen LogP contribution in [0.5, 0.6) is 0 Å². The summed E-state index contributed by atoms with van der Waals surface area (Å²) in [7, 11) is 0. The Hall–Kier alpha value is -1.30. The number of amides is 1. The lowest BCUT2D eigenvalue weighted by Crippen LogP contribution is -2.50. The molecule has 1 aromatic heterocycles. The first-order valence-electron chi connectivity index (χ1n) is 7.00. The maximum Gasteiger partial charge on any atom is 0.410 e. The highest BCUT2D eigenvalue weighted by atomic mass is 35.5. The zero-order valence-corrected chi connectivity index (χ0v) is 13.9. The molecule has 118 valence electrons. The molecule has 2 heterocycles. The summed E-state index contributed by atoms with van der Waals surface area (Å²) in [5, 5.41) is 4.00. The summed E-state index contributed by atoms with van der Waals surface area (Å²) in [6.45, 7) is 10.5. The Kier molecular flexibility index (Phi) is 4.19. The van der Waals surface area contributed by atoms with E-state index in [-0.39, 0.29) is 17.4 Å². The maximum atomic E-state index is 11.9. The van der Waals surface area contributed by atoms with Crippen LogP contribution in [0.3, 0.4) is 0 Å². The summed E-state index contributed by atoms with van der Waals surface area (Å²) < 4.78 is 10.6. The van der Waals surface area contributed by atoms with Crippen LogP contribution in [0.15, 0.2) is 4.52 Å². The summed E-state index contributed by atoms with van der Waals surface area (Å²) >= 11 is 5.89. The molecule has 0 N–H and O–H groups in total. The van der Waals surface area contributed by atoms with Crippen molar-refractivity contribution in [3.05, 3.63) is 11.7 Å². The minimum Gasteiger partial charge on any atom is -0.444 e. The van der Waals surface area contributed by atoms with Crippen LogP contribution >= 0.6 is 11.6 Å². The molecule has 0 aliphatic carbocycles. The van der Waals surface area contributed by atoms with Crippen molar-refractivity contribution in [2.45, 2.75) is 51.6 Å². The third-order valence-electron chi connectivity index (χ3n) is 3.25. The number of rotatable bonds is 3. The predicted octanol–water partition coefficient (Wildman–Crippen LogP) is 2.92. The molecule has 1 saturated heterocycles. The predicted molar refractivity (Wildman–Crippen MR) is 78.6 cm³/mol. The number of ether oxygens (including phenoxy) is 1. The summed E-state index contributed by atoms with van der Waals surface area (Å²) in [4.78, 5) is 17.9. The van der Waals surface area contributed by atoms with Crippen LogP contribution in [-0.2, 0) is 10.2 Å². The molecule has 0 bridgehead atoms. The van der Waals surface area contributed by atoms with Gasteiger partial charge < -0.3 is 14.2 Å². The quantitative estimate of drug-likeness (QED) is 0.802. The minimum absolute atomic E-state index is 0.0983. The van der Waals surface area contributed by atoms with Crippen molar-refractivity contribution >= 4 is 17.7 Å². The van der Waals surface area contributed by atoms with Gasteiger partial charge in [-0.1, -0.05) is 5.16 Å². The van der Waals surface area contributed by atoms with E-state index in [4.69, 9.17) is 20.9 Å². The standard InChI is InChI=1S/C14H22ClN3O3/c1-13(2,3)20-12(19)18-6-9(7-18)10-16-11(21-17-10)14(4,5)8-15/h9H,6-8H2,1-5H3. The van der Waals surface area contributed by atoms with E-state index >= 15 is 0 Å². The first kappa shape index (κ1) is 16.1. The van der Waals surface area contributed by atoms with E-state index in [1.807, 2.05) is 34.6 Å². The number of halogens is 1. The molecule has 0 radical (unpaired) electrons. The summed E-state index contributed by atoms with van der Waals surface area (Å²) in [6.07, 6.45) is -0.302. The Labute approximate surface area is 129 Å². The van der Waals surface area contributed by atoms with Crippen LogP contribution in [0.2, 0.25) is 0 Å². The smallest absolute Gasteiger partial charge is 0.410 e. The second-order valence-corrected chi connectivity index (χ2v) is 7.32. The van der Waals surface area contributed by atoms with Crippen molar-refractivity contribution in [1.29, 1.82) is 0 Å². The Morgan fingerprint density at radius 1 is 1.38 bits per heavy atom. The lowest BCUT2D eigenvalue weighted by molar-refractivity contribution is 0.00734. The van der Waals surface area contributed by atoms with Gasteiger partial charge in [0.15, 0.2) is 5.82 Å². The number of nitrogens with zero attached hydrogens (tertiary/aromatic N) is 3. The van der Waals surface area contributed by atoms with Crippen LogP contribution in [0.4, 0.5) is 4.79 Å². The van der Waals surface area contributed by atoms with Crippen LogP contribution < -0.4 is 0 Å².